The first-order valence-electron chi connectivity index (χ1n) is 10.5. The van der Waals surface area contributed by atoms with Crippen molar-refractivity contribution in [2.45, 2.75) is 39.2 Å². The highest BCUT2D eigenvalue weighted by Crippen LogP contribution is 2.29. The lowest BCUT2D eigenvalue weighted by atomic mass is 9.81. The standard InChI is InChI=1S/C23H30N2O4S/c1-2-30(27,28)24-16-18-8-10-20(11-9-18)23(26)25-21-12-14-22(15-13-21)29-17-19-6-4-3-5-7-19/h3-7,12-15,18,20,24H,2,8-11,16-17H2,1H3,(H,25,26). The first-order valence-corrected chi connectivity index (χ1v) is 12.2. The first kappa shape index (κ1) is 22.3. The summed E-state index contributed by atoms with van der Waals surface area (Å²) in [5, 5.41) is 2.99. The predicted octanol–water partition coefficient (Wildman–Crippen LogP) is 3.95. The number of amides is 1. The topological polar surface area (TPSA) is 84.5 Å². The molecule has 0 aromatic heterocycles. The molecule has 7 heteroatoms. The molecule has 2 N–H and O–H groups in total. The van der Waals surface area contributed by atoms with E-state index in [-0.39, 0.29) is 17.6 Å². The quantitative estimate of drug-likeness (QED) is 0.631. The largest absolute Gasteiger partial charge is 0.489 e. The number of hydrogen-bond donors (Lipinski definition) is 2. The van der Waals surface area contributed by atoms with Gasteiger partial charge in [0.15, 0.2) is 0 Å². The van der Waals surface area contributed by atoms with Crippen molar-refractivity contribution >= 4 is 21.6 Å². The molecule has 3 rings (SSSR count). The highest BCUT2D eigenvalue weighted by molar-refractivity contribution is 7.89. The molecule has 2 aromatic rings. The maximum Gasteiger partial charge on any atom is 0.227 e. The van der Waals surface area contributed by atoms with E-state index in [1.165, 1.54) is 0 Å². The smallest absolute Gasteiger partial charge is 0.227 e. The minimum Gasteiger partial charge on any atom is -0.489 e. The van der Waals surface area contributed by atoms with E-state index in [0.717, 1.165) is 42.7 Å². The molecule has 1 saturated carbocycles. The van der Waals surface area contributed by atoms with Crippen molar-refractivity contribution in [2.24, 2.45) is 11.8 Å². The summed E-state index contributed by atoms with van der Waals surface area (Å²) >= 11 is 0. The fourth-order valence-electron chi connectivity index (χ4n) is 3.60. The summed E-state index contributed by atoms with van der Waals surface area (Å²) in [7, 11) is -3.15. The molecule has 0 atom stereocenters. The molecular formula is C23H30N2O4S. The summed E-state index contributed by atoms with van der Waals surface area (Å²) < 4.78 is 31.6. The van der Waals surface area contributed by atoms with Gasteiger partial charge in [-0.15, -0.1) is 0 Å². The van der Waals surface area contributed by atoms with Gasteiger partial charge in [0.1, 0.15) is 12.4 Å². The molecule has 0 heterocycles. The fraction of sp³-hybridized carbons (Fsp3) is 0.435. The lowest BCUT2D eigenvalue weighted by Crippen LogP contribution is -2.34. The number of carbonyl (C=O) groups excluding carboxylic acids is 1. The zero-order valence-corrected chi connectivity index (χ0v) is 18.2. The second kappa shape index (κ2) is 10.6. The van der Waals surface area contributed by atoms with E-state index in [9.17, 15) is 13.2 Å². The van der Waals surface area contributed by atoms with Crippen molar-refractivity contribution in [2.75, 3.05) is 17.6 Å². The molecular weight excluding hydrogens is 400 g/mol. The second-order valence-electron chi connectivity index (χ2n) is 7.76. The molecule has 0 radical (unpaired) electrons. The SMILES string of the molecule is CCS(=O)(=O)NCC1CCC(C(=O)Nc2ccc(OCc3ccccc3)cc2)CC1. The van der Waals surface area contributed by atoms with Crippen LogP contribution in [0.5, 0.6) is 5.75 Å². The van der Waals surface area contributed by atoms with Crippen molar-refractivity contribution in [1.29, 1.82) is 0 Å². The summed E-state index contributed by atoms with van der Waals surface area (Å²) in [6.45, 7) is 2.60. The summed E-state index contributed by atoms with van der Waals surface area (Å²) in [4.78, 5) is 12.6. The molecule has 162 valence electrons. The zero-order valence-electron chi connectivity index (χ0n) is 17.3. The van der Waals surface area contributed by atoms with E-state index in [1.807, 2.05) is 54.6 Å². The van der Waals surface area contributed by atoms with E-state index in [1.54, 1.807) is 6.92 Å². The number of ether oxygens (including phenoxy) is 1. The first-order chi connectivity index (χ1) is 14.4. The highest BCUT2D eigenvalue weighted by atomic mass is 32.2. The maximum absolute atomic E-state index is 12.6. The summed E-state index contributed by atoms with van der Waals surface area (Å²) in [6.07, 6.45) is 3.28. The van der Waals surface area contributed by atoms with Crippen molar-refractivity contribution in [3.63, 3.8) is 0 Å². The normalized spacial score (nSPS) is 19.2. The van der Waals surface area contributed by atoms with Gasteiger partial charge >= 0.3 is 0 Å². The lowest BCUT2D eigenvalue weighted by Gasteiger charge is -2.27. The maximum atomic E-state index is 12.6. The molecule has 1 fully saturated rings. The number of sulfonamides is 1. The van der Waals surface area contributed by atoms with Gasteiger partial charge in [-0.05, 0) is 68.4 Å². The molecule has 0 aliphatic heterocycles. The highest BCUT2D eigenvalue weighted by Gasteiger charge is 2.27. The van der Waals surface area contributed by atoms with Crippen molar-refractivity contribution < 1.29 is 17.9 Å². The molecule has 1 aliphatic rings. The molecule has 0 spiro atoms. The molecule has 2 aromatic carbocycles. The van der Waals surface area contributed by atoms with Crippen LogP contribution in [-0.2, 0) is 21.4 Å². The Labute approximate surface area is 179 Å². The summed E-state index contributed by atoms with van der Waals surface area (Å²) in [5.41, 5.74) is 1.86. The Kier molecular flexibility index (Phi) is 7.87. The average Bonchev–Trinajstić information content (AvgIpc) is 2.78. The molecule has 30 heavy (non-hydrogen) atoms. The van der Waals surface area contributed by atoms with Gasteiger partial charge in [-0.1, -0.05) is 30.3 Å². The van der Waals surface area contributed by atoms with E-state index in [0.29, 0.717) is 19.1 Å². The molecule has 0 unspecified atom stereocenters. The van der Waals surface area contributed by atoms with E-state index in [4.69, 9.17) is 4.74 Å². The third-order valence-corrected chi connectivity index (χ3v) is 6.93. The minimum absolute atomic E-state index is 0.0283. The monoisotopic (exact) mass is 430 g/mol. The van der Waals surface area contributed by atoms with Crippen molar-refractivity contribution in [1.82, 2.24) is 4.72 Å². The summed E-state index contributed by atoms with van der Waals surface area (Å²) in [6, 6.07) is 17.4. The molecule has 6 nitrogen and oxygen atoms in total. The number of anilines is 1. The number of rotatable bonds is 9. The van der Waals surface area contributed by atoms with Crippen molar-refractivity contribution in [3.05, 3.63) is 60.2 Å². The Morgan fingerprint density at radius 3 is 2.30 bits per heavy atom. The zero-order chi connectivity index (χ0) is 21.4. The third kappa shape index (κ3) is 6.85. The number of nitrogens with one attached hydrogen (secondary N) is 2. The van der Waals surface area contributed by atoms with Crippen LogP contribution in [0.3, 0.4) is 0 Å². The molecule has 1 amide bonds. The van der Waals surface area contributed by atoms with Gasteiger partial charge < -0.3 is 10.1 Å². The van der Waals surface area contributed by atoms with Crippen LogP contribution in [0.2, 0.25) is 0 Å². The van der Waals surface area contributed by atoms with E-state index >= 15 is 0 Å². The van der Waals surface area contributed by atoms with Crippen LogP contribution in [0.15, 0.2) is 54.6 Å². The van der Waals surface area contributed by atoms with Gasteiger partial charge in [0, 0.05) is 18.2 Å². The predicted molar refractivity (Wildman–Crippen MR) is 119 cm³/mol. The molecule has 0 saturated heterocycles. The molecule has 0 bridgehead atoms. The van der Waals surface area contributed by atoms with Crippen molar-refractivity contribution in [3.8, 4) is 5.75 Å². The Morgan fingerprint density at radius 1 is 1.00 bits per heavy atom. The second-order valence-corrected chi connectivity index (χ2v) is 9.85. The van der Waals surface area contributed by atoms with Crippen LogP contribution in [0.4, 0.5) is 5.69 Å². The van der Waals surface area contributed by atoms with E-state index < -0.39 is 10.0 Å². The van der Waals surface area contributed by atoms with Crippen LogP contribution in [-0.4, -0.2) is 26.6 Å². The summed E-state index contributed by atoms with van der Waals surface area (Å²) in [5.74, 6) is 1.16. The van der Waals surface area contributed by atoms with Gasteiger partial charge in [0.05, 0.1) is 5.75 Å². The number of benzene rings is 2. The average molecular weight is 431 g/mol. The van der Waals surface area contributed by atoms with Crippen LogP contribution < -0.4 is 14.8 Å². The van der Waals surface area contributed by atoms with Gasteiger partial charge in [-0.25, -0.2) is 13.1 Å². The molecule has 1 aliphatic carbocycles. The fourth-order valence-corrected chi connectivity index (χ4v) is 4.29. The van der Waals surface area contributed by atoms with Gasteiger partial charge in [-0.2, -0.15) is 0 Å². The van der Waals surface area contributed by atoms with E-state index in [2.05, 4.69) is 10.0 Å². The number of hydrogen-bond acceptors (Lipinski definition) is 4. The number of carbonyl (C=O) groups is 1. The minimum atomic E-state index is -3.15. The van der Waals surface area contributed by atoms with Crippen LogP contribution in [0.25, 0.3) is 0 Å². The Bertz CT molecular complexity index is 906. The Hall–Kier alpha value is -2.38. The lowest BCUT2D eigenvalue weighted by molar-refractivity contribution is -0.121. The van der Waals surface area contributed by atoms with Crippen LogP contribution >= 0.6 is 0 Å². The Morgan fingerprint density at radius 2 is 1.67 bits per heavy atom. The van der Waals surface area contributed by atoms with Gasteiger partial charge in [0.2, 0.25) is 15.9 Å². The van der Waals surface area contributed by atoms with Crippen LogP contribution in [0, 0.1) is 11.8 Å². The van der Waals surface area contributed by atoms with Gasteiger partial charge in [0.25, 0.3) is 0 Å². The van der Waals surface area contributed by atoms with Gasteiger partial charge in [-0.3, -0.25) is 4.79 Å². The Balaban J connectivity index is 1.41. The van der Waals surface area contributed by atoms with Crippen LogP contribution in [0.1, 0.15) is 38.2 Å². The third-order valence-electron chi connectivity index (χ3n) is 5.56.